The molecule has 0 aliphatic carbocycles. The van der Waals surface area contributed by atoms with Crippen LogP contribution in [0.4, 0.5) is 24.0 Å². The lowest BCUT2D eigenvalue weighted by Crippen LogP contribution is -2.43. The Morgan fingerprint density at radius 2 is 2.09 bits per heavy atom. The number of alkyl halides is 1. The molecule has 0 radical (unpaired) electrons. The van der Waals surface area contributed by atoms with Gasteiger partial charge >= 0.3 is 6.01 Å². The molecule has 8 rings (SSSR count). The highest BCUT2D eigenvalue weighted by Gasteiger charge is 2.49. The summed E-state index contributed by atoms with van der Waals surface area (Å²) in [5, 5.41) is 10.3. The third kappa shape index (κ3) is 4.80. The highest BCUT2D eigenvalue weighted by Crippen LogP contribution is 2.51. The first-order valence-electron chi connectivity index (χ1n) is 15.2. The van der Waals surface area contributed by atoms with Gasteiger partial charge < -0.3 is 20.1 Å². The van der Waals surface area contributed by atoms with Crippen molar-refractivity contribution in [3.05, 3.63) is 64.4 Å². The number of nitriles is 1. The van der Waals surface area contributed by atoms with E-state index >= 15 is 4.39 Å². The predicted molar refractivity (Wildman–Crippen MR) is 174 cm³/mol. The third-order valence-corrected chi connectivity index (χ3v) is 10.8. The number of benzene rings is 2. The minimum absolute atomic E-state index is 0.0278. The first kappa shape index (κ1) is 30.0. The van der Waals surface area contributed by atoms with Crippen molar-refractivity contribution in [3.63, 3.8) is 0 Å². The monoisotopic (exact) mass is 677 g/mol. The second kappa shape index (κ2) is 11.4. The second-order valence-electron chi connectivity index (χ2n) is 12.1. The average molecular weight is 678 g/mol. The number of nitrogens with zero attached hydrogens (tertiary/aromatic N) is 6. The van der Waals surface area contributed by atoms with E-state index < -0.39 is 23.3 Å². The quantitative estimate of drug-likeness (QED) is 0.211. The van der Waals surface area contributed by atoms with E-state index in [9.17, 15) is 14.0 Å². The number of hydrogen-bond donors (Lipinski definition) is 1. The van der Waals surface area contributed by atoms with Gasteiger partial charge in [0, 0.05) is 42.9 Å². The number of halogens is 4. The molecule has 3 aliphatic heterocycles. The number of rotatable bonds is 6. The predicted octanol–water partition coefficient (Wildman–Crippen LogP) is 6.65. The Morgan fingerprint density at radius 3 is 2.89 bits per heavy atom. The average Bonchev–Trinajstić information content (AvgIpc) is 3.67. The molecule has 2 aromatic carbocycles. The zero-order chi connectivity index (χ0) is 32.4. The number of aromatic nitrogens is 3. The molecule has 2 fully saturated rings. The lowest BCUT2D eigenvalue weighted by atomic mass is 9.95. The minimum Gasteiger partial charge on any atom is -0.489 e. The molecule has 3 aliphatic rings. The molecule has 2 saturated heterocycles. The van der Waals surface area contributed by atoms with Crippen LogP contribution in [0.25, 0.3) is 32.1 Å². The van der Waals surface area contributed by atoms with Crippen LogP contribution in [0.2, 0.25) is 5.02 Å². The Kier molecular flexibility index (Phi) is 7.27. The fourth-order valence-corrected chi connectivity index (χ4v) is 8.57. The van der Waals surface area contributed by atoms with Crippen LogP contribution in [0.1, 0.15) is 30.4 Å². The molecule has 2 atom stereocenters. The van der Waals surface area contributed by atoms with Gasteiger partial charge in [0.2, 0.25) is 0 Å². The normalized spacial score (nSPS) is 20.7. The SMILES string of the molecule is N#Cc1c(N)sc2c(F)ccc(-c3c(Cl)c4c5c(nc(OC[C@@]67CCCN6C[C@H](F)C7)nc5c3F)N(Cc3cccnc3)CCO4)c12. The van der Waals surface area contributed by atoms with Crippen LogP contribution in [-0.4, -0.2) is 64.4 Å². The van der Waals surface area contributed by atoms with E-state index in [2.05, 4.69) is 14.9 Å². The summed E-state index contributed by atoms with van der Waals surface area (Å²) in [4.78, 5) is 17.6. The van der Waals surface area contributed by atoms with Gasteiger partial charge in [-0.25, -0.2) is 13.2 Å². The number of hydrogen-bond acceptors (Lipinski definition) is 10. The van der Waals surface area contributed by atoms with Crippen LogP contribution in [0.15, 0.2) is 36.7 Å². The second-order valence-corrected chi connectivity index (χ2v) is 13.6. The lowest BCUT2D eigenvalue weighted by molar-refractivity contribution is 0.107. The van der Waals surface area contributed by atoms with Gasteiger partial charge in [0.1, 0.15) is 47.6 Å². The van der Waals surface area contributed by atoms with Crippen molar-refractivity contribution in [2.75, 3.05) is 43.5 Å². The van der Waals surface area contributed by atoms with E-state index in [4.69, 9.17) is 31.8 Å². The summed E-state index contributed by atoms with van der Waals surface area (Å²) in [6.45, 7) is 2.20. The van der Waals surface area contributed by atoms with Gasteiger partial charge in [-0.2, -0.15) is 15.2 Å². The molecule has 240 valence electrons. The van der Waals surface area contributed by atoms with Gasteiger partial charge in [0.05, 0.1) is 32.8 Å². The highest BCUT2D eigenvalue weighted by molar-refractivity contribution is 7.23. The number of nitrogens with two attached hydrogens (primary N) is 1. The Bertz CT molecular complexity index is 2110. The Balaban J connectivity index is 1.34. The van der Waals surface area contributed by atoms with Gasteiger partial charge in [-0.3, -0.25) is 9.88 Å². The maximum absolute atomic E-state index is 17.1. The number of nitrogen functional groups attached to an aromatic ring is 1. The van der Waals surface area contributed by atoms with Crippen molar-refractivity contribution >= 4 is 54.7 Å². The molecule has 9 nitrogen and oxygen atoms in total. The molecule has 0 amide bonds. The molecule has 47 heavy (non-hydrogen) atoms. The van der Waals surface area contributed by atoms with Crippen molar-refractivity contribution in [2.45, 2.75) is 37.5 Å². The number of fused-ring (bicyclic) bond motifs is 2. The molecular weight excluding hydrogens is 651 g/mol. The van der Waals surface area contributed by atoms with Crippen LogP contribution in [0.3, 0.4) is 0 Å². The standard InChI is InChI=1S/C33H27ClF3N7O2S/c34-25-23(19-4-5-21(36)29-22(19)20(12-38)30(39)47-29)26(37)27-24-28(25)45-10-9-43(14-17-3-1-7-40-13-17)31(24)42-32(41-27)46-16-33-6-2-8-44(33)15-18(35)11-33/h1,3-5,7,13,18H,2,6,8-11,14-16,39H2/t18-,33+/m1/s1. The zero-order valence-corrected chi connectivity index (χ0v) is 26.5. The molecule has 0 spiro atoms. The first-order chi connectivity index (χ1) is 22.8. The zero-order valence-electron chi connectivity index (χ0n) is 24.9. The Labute approximate surface area is 276 Å². The third-order valence-electron chi connectivity index (χ3n) is 9.38. The Hall–Kier alpha value is -4.38. The summed E-state index contributed by atoms with van der Waals surface area (Å²) in [5.74, 6) is -0.904. The highest BCUT2D eigenvalue weighted by atomic mass is 35.5. The number of anilines is 2. The summed E-state index contributed by atoms with van der Waals surface area (Å²) in [6.07, 6.45) is 4.52. The first-order valence-corrected chi connectivity index (χ1v) is 16.4. The van der Waals surface area contributed by atoms with E-state index in [1.54, 1.807) is 12.4 Å². The van der Waals surface area contributed by atoms with Crippen LogP contribution < -0.4 is 20.1 Å². The number of thiophene rings is 1. The summed E-state index contributed by atoms with van der Waals surface area (Å²) in [7, 11) is 0. The topological polar surface area (TPSA) is 113 Å². The molecule has 2 N–H and O–H groups in total. The number of pyridine rings is 1. The molecular formula is C33H27ClF3N7O2S. The molecule has 0 unspecified atom stereocenters. The molecule has 14 heteroatoms. The van der Waals surface area contributed by atoms with E-state index in [0.717, 1.165) is 36.3 Å². The Morgan fingerprint density at radius 1 is 1.21 bits per heavy atom. The van der Waals surface area contributed by atoms with E-state index in [1.807, 2.05) is 23.1 Å². The van der Waals surface area contributed by atoms with E-state index in [0.29, 0.717) is 31.9 Å². The van der Waals surface area contributed by atoms with Gasteiger partial charge in [-0.1, -0.05) is 23.7 Å². The fraction of sp³-hybridized carbons (Fsp3) is 0.333. The van der Waals surface area contributed by atoms with E-state index in [1.165, 1.54) is 12.1 Å². The smallest absolute Gasteiger partial charge is 0.319 e. The van der Waals surface area contributed by atoms with Crippen molar-refractivity contribution < 1.29 is 22.6 Å². The van der Waals surface area contributed by atoms with Crippen molar-refractivity contribution in [2.24, 2.45) is 0 Å². The maximum atomic E-state index is 17.1. The number of ether oxygens (including phenoxy) is 2. The summed E-state index contributed by atoms with van der Waals surface area (Å²) in [6, 6.07) is 8.27. The molecule has 6 heterocycles. The molecule has 3 aromatic heterocycles. The summed E-state index contributed by atoms with van der Waals surface area (Å²) >= 11 is 7.90. The van der Waals surface area contributed by atoms with Crippen LogP contribution in [-0.2, 0) is 6.54 Å². The van der Waals surface area contributed by atoms with Crippen LogP contribution >= 0.6 is 22.9 Å². The van der Waals surface area contributed by atoms with Gasteiger partial charge in [-0.05, 0) is 42.6 Å². The van der Waals surface area contributed by atoms with Crippen molar-refractivity contribution in [3.8, 4) is 29.0 Å². The molecule has 0 saturated carbocycles. The summed E-state index contributed by atoms with van der Waals surface area (Å²) < 4.78 is 59.1. The van der Waals surface area contributed by atoms with Gasteiger partial charge in [0.15, 0.2) is 11.6 Å². The summed E-state index contributed by atoms with van der Waals surface area (Å²) in [5.41, 5.74) is 6.47. The van der Waals surface area contributed by atoms with Gasteiger partial charge in [0.25, 0.3) is 0 Å². The van der Waals surface area contributed by atoms with Crippen LogP contribution in [0.5, 0.6) is 11.8 Å². The largest absolute Gasteiger partial charge is 0.489 e. The lowest BCUT2D eigenvalue weighted by Gasteiger charge is -2.31. The molecule has 0 bridgehead atoms. The fourth-order valence-electron chi connectivity index (χ4n) is 7.29. The van der Waals surface area contributed by atoms with Crippen molar-refractivity contribution in [1.29, 1.82) is 5.26 Å². The van der Waals surface area contributed by atoms with Crippen LogP contribution in [0, 0.1) is 23.0 Å². The molecule has 5 aromatic rings. The van der Waals surface area contributed by atoms with Crippen molar-refractivity contribution in [1.82, 2.24) is 19.9 Å². The van der Waals surface area contributed by atoms with Gasteiger partial charge in [-0.15, -0.1) is 11.3 Å². The van der Waals surface area contributed by atoms with E-state index in [-0.39, 0.29) is 72.7 Å². The minimum atomic E-state index is -0.949. The maximum Gasteiger partial charge on any atom is 0.319 e.